The fourth-order valence-electron chi connectivity index (χ4n) is 2.87. The monoisotopic (exact) mass is 422 g/mol. The van der Waals surface area contributed by atoms with Crippen molar-refractivity contribution in [3.05, 3.63) is 53.4 Å². The van der Waals surface area contributed by atoms with Crippen molar-refractivity contribution in [3.8, 4) is 0 Å². The lowest BCUT2D eigenvalue weighted by Gasteiger charge is -2.30. The molecule has 1 aromatic carbocycles. The highest BCUT2D eigenvalue weighted by molar-refractivity contribution is 7.92. The predicted octanol–water partition coefficient (Wildman–Crippen LogP) is 2.84. The summed E-state index contributed by atoms with van der Waals surface area (Å²) < 4.78 is 34.2. The first-order chi connectivity index (χ1) is 13.3. The summed E-state index contributed by atoms with van der Waals surface area (Å²) in [6.45, 7) is 3.41. The van der Waals surface area contributed by atoms with Crippen molar-refractivity contribution in [2.24, 2.45) is 0 Å². The molecule has 0 aliphatic rings. The molecule has 0 amide bonds. The maximum Gasteiger partial charge on any atom is 0.329 e. The van der Waals surface area contributed by atoms with Crippen LogP contribution < -0.4 is 4.31 Å². The van der Waals surface area contributed by atoms with E-state index in [1.165, 1.54) is 24.0 Å². The zero-order chi connectivity index (χ0) is 20.5. The number of carbonyl (C=O) groups excluding carboxylic acids is 1. The van der Waals surface area contributed by atoms with Crippen molar-refractivity contribution in [2.45, 2.75) is 31.2 Å². The quantitative estimate of drug-likeness (QED) is 0.567. The highest BCUT2D eigenvalue weighted by atomic mass is 35.5. The predicted molar refractivity (Wildman–Crippen MR) is 105 cm³/mol. The van der Waals surface area contributed by atoms with E-state index in [0.29, 0.717) is 22.1 Å². The number of fused-ring (bicyclic) bond motifs is 1. The number of aromatic nitrogens is 3. The van der Waals surface area contributed by atoms with Gasteiger partial charge in [-0.3, -0.25) is 4.31 Å². The fraction of sp³-hybridized carbons (Fsp3) is 0.278. The molecule has 0 fully saturated rings. The van der Waals surface area contributed by atoms with Gasteiger partial charge >= 0.3 is 5.97 Å². The number of sulfonamides is 1. The van der Waals surface area contributed by atoms with Crippen LogP contribution in [0.2, 0.25) is 5.02 Å². The Labute approximate surface area is 167 Å². The van der Waals surface area contributed by atoms with E-state index < -0.39 is 22.0 Å². The Morgan fingerprint density at radius 1 is 1.32 bits per heavy atom. The Morgan fingerprint density at radius 3 is 2.61 bits per heavy atom. The second-order valence-corrected chi connectivity index (χ2v) is 8.23. The molecule has 0 saturated carbocycles. The molecule has 0 radical (unpaired) electrons. The molecule has 0 spiro atoms. The number of methoxy groups -OCH3 is 1. The highest BCUT2D eigenvalue weighted by Crippen LogP contribution is 2.28. The number of para-hydroxylation sites is 1. The van der Waals surface area contributed by atoms with Crippen LogP contribution in [-0.2, 0) is 19.6 Å². The molecule has 0 aliphatic heterocycles. The summed E-state index contributed by atoms with van der Waals surface area (Å²) in [6.07, 6.45) is 2.76. The summed E-state index contributed by atoms with van der Waals surface area (Å²) >= 11 is 6.13. The van der Waals surface area contributed by atoms with Crippen LogP contribution in [0.25, 0.3) is 5.65 Å². The molecule has 8 nitrogen and oxygen atoms in total. The van der Waals surface area contributed by atoms with E-state index in [-0.39, 0.29) is 11.3 Å². The minimum absolute atomic E-state index is 0.120. The lowest BCUT2D eigenvalue weighted by atomic mass is 10.2. The van der Waals surface area contributed by atoms with Crippen LogP contribution in [-0.4, -0.2) is 42.1 Å². The van der Waals surface area contributed by atoms with Crippen molar-refractivity contribution in [2.75, 3.05) is 11.4 Å². The molecule has 3 rings (SSSR count). The van der Waals surface area contributed by atoms with Gasteiger partial charge in [0.25, 0.3) is 10.0 Å². The maximum absolute atomic E-state index is 13.5. The van der Waals surface area contributed by atoms with Crippen LogP contribution in [0.5, 0.6) is 0 Å². The molecule has 1 atom stereocenters. The van der Waals surface area contributed by atoms with E-state index in [2.05, 4.69) is 10.1 Å². The Kier molecular flexibility index (Phi) is 5.57. The van der Waals surface area contributed by atoms with Crippen molar-refractivity contribution < 1.29 is 17.9 Å². The number of esters is 1. The van der Waals surface area contributed by atoms with E-state index in [0.717, 1.165) is 4.31 Å². The number of carbonyl (C=O) groups is 1. The number of halogens is 1. The van der Waals surface area contributed by atoms with E-state index in [1.54, 1.807) is 44.2 Å². The third-order valence-electron chi connectivity index (χ3n) is 4.26. The number of ether oxygens (including phenoxy) is 1. The molecule has 0 aliphatic carbocycles. The van der Waals surface area contributed by atoms with Gasteiger partial charge in [-0.05, 0) is 25.5 Å². The van der Waals surface area contributed by atoms with Crippen LogP contribution in [0, 0.1) is 6.92 Å². The minimum atomic E-state index is -4.15. The lowest BCUT2D eigenvalue weighted by Crippen LogP contribution is -2.45. The van der Waals surface area contributed by atoms with Gasteiger partial charge in [0.05, 0.1) is 30.9 Å². The van der Waals surface area contributed by atoms with Crippen LogP contribution in [0.1, 0.15) is 19.0 Å². The van der Waals surface area contributed by atoms with Gasteiger partial charge in [-0.2, -0.15) is 5.10 Å². The lowest BCUT2D eigenvalue weighted by molar-refractivity contribution is -0.142. The van der Waals surface area contributed by atoms with Crippen molar-refractivity contribution in [1.29, 1.82) is 0 Å². The summed E-state index contributed by atoms with van der Waals surface area (Å²) in [7, 11) is -2.92. The molecule has 0 saturated heterocycles. The molecular formula is C18H19ClN4O4S. The number of aryl methyl sites for hydroxylation is 1. The topological polar surface area (TPSA) is 93.9 Å². The van der Waals surface area contributed by atoms with Gasteiger partial charge in [-0.25, -0.2) is 22.7 Å². The molecule has 10 heteroatoms. The number of anilines is 1. The zero-order valence-corrected chi connectivity index (χ0v) is 17.1. The Bertz CT molecular complexity index is 1120. The first kappa shape index (κ1) is 20.1. The number of rotatable bonds is 6. The van der Waals surface area contributed by atoms with Gasteiger partial charge < -0.3 is 4.74 Å². The Hall–Kier alpha value is -2.65. The van der Waals surface area contributed by atoms with Crippen molar-refractivity contribution in [1.82, 2.24) is 14.6 Å². The van der Waals surface area contributed by atoms with Crippen LogP contribution in [0.15, 0.2) is 47.6 Å². The summed E-state index contributed by atoms with van der Waals surface area (Å²) in [5, 5.41) is 4.53. The normalized spacial score (nSPS) is 12.7. The van der Waals surface area contributed by atoms with Gasteiger partial charge in [-0.1, -0.05) is 36.7 Å². The SMILES string of the molecule is CC[C@H](C(=O)OC)N(c1ccccc1)S(=O)(=O)c1cnc2c(Cl)c(C)nn2c1. The summed E-state index contributed by atoms with van der Waals surface area (Å²) in [6, 6.07) is 7.35. The second kappa shape index (κ2) is 7.76. The minimum Gasteiger partial charge on any atom is -0.467 e. The molecule has 28 heavy (non-hydrogen) atoms. The molecule has 0 N–H and O–H groups in total. The van der Waals surface area contributed by atoms with Gasteiger partial charge in [0.15, 0.2) is 5.65 Å². The fourth-order valence-corrected chi connectivity index (χ4v) is 4.66. The van der Waals surface area contributed by atoms with E-state index in [1.807, 2.05) is 0 Å². The average molecular weight is 423 g/mol. The van der Waals surface area contributed by atoms with Gasteiger partial charge in [0, 0.05) is 0 Å². The number of benzene rings is 1. The van der Waals surface area contributed by atoms with E-state index in [4.69, 9.17) is 16.3 Å². The summed E-state index contributed by atoms with van der Waals surface area (Å²) in [4.78, 5) is 16.3. The highest BCUT2D eigenvalue weighted by Gasteiger charge is 2.36. The second-order valence-electron chi connectivity index (χ2n) is 6.04. The Balaban J connectivity index is 2.19. The average Bonchev–Trinajstić information content (AvgIpc) is 2.99. The molecule has 3 aromatic rings. The maximum atomic E-state index is 13.5. The van der Waals surface area contributed by atoms with Crippen molar-refractivity contribution in [3.63, 3.8) is 0 Å². The van der Waals surface area contributed by atoms with Gasteiger partial charge in [0.1, 0.15) is 16.0 Å². The number of hydrogen-bond acceptors (Lipinski definition) is 6. The summed E-state index contributed by atoms with van der Waals surface area (Å²) in [5.74, 6) is -0.651. The largest absolute Gasteiger partial charge is 0.467 e. The van der Waals surface area contributed by atoms with E-state index >= 15 is 0 Å². The standard InChI is InChI=1S/C18H19ClN4O4S/c1-4-15(18(24)27-3)23(13-8-6-5-7-9-13)28(25,26)14-10-20-17-16(19)12(2)21-22(17)11-14/h5-11,15H,4H2,1-3H3/t15-/m1/s1. The van der Waals surface area contributed by atoms with Gasteiger partial charge in [0.2, 0.25) is 0 Å². The first-order valence-corrected chi connectivity index (χ1v) is 10.3. The zero-order valence-electron chi connectivity index (χ0n) is 15.5. The molecule has 0 bridgehead atoms. The van der Waals surface area contributed by atoms with Crippen molar-refractivity contribution >= 4 is 38.9 Å². The summed E-state index contributed by atoms with van der Waals surface area (Å²) in [5.41, 5.74) is 1.23. The van der Waals surface area contributed by atoms with Crippen LogP contribution in [0.3, 0.4) is 0 Å². The van der Waals surface area contributed by atoms with Gasteiger partial charge in [-0.15, -0.1) is 0 Å². The molecule has 2 heterocycles. The molecule has 0 unspecified atom stereocenters. The Morgan fingerprint density at radius 2 is 2.00 bits per heavy atom. The van der Waals surface area contributed by atoms with E-state index in [9.17, 15) is 13.2 Å². The number of hydrogen-bond donors (Lipinski definition) is 0. The smallest absolute Gasteiger partial charge is 0.329 e. The molecule has 148 valence electrons. The third kappa shape index (κ3) is 3.43. The number of nitrogens with zero attached hydrogens (tertiary/aromatic N) is 4. The molecule has 2 aromatic heterocycles. The van der Waals surface area contributed by atoms with Crippen LogP contribution in [0.4, 0.5) is 5.69 Å². The first-order valence-electron chi connectivity index (χ1n) is 8.49. The van der Waals surface area contributed by atoms with Crippen LogP contribution >= 0.6 is 11.6 Å². The third-order valence-corrected chi connectivity index (χ3v) is 6.50. The molecular weight excluding hydrogens is 404 g/mol.